The van der Waals surface area contributed by atoms with Crippen LogP contribution in [-0.4, -0.2) is 23.3 Å². The molecule has 0 bridgehead atoms. The second-order valence-electron chi connectivity index (χ2n) is 3.37. The summed E-state index contributed by atoms with van der Waals surface area (Å²) in [6.45, 7) is 3.67. The number of benzene rings is 1. The number of hydrogen-bond donors (Lipinski definition) is 2. The van der Waals surface area contributed by atoms with Crippen LogP contribution < -0.4 is 10.2 Å². The molecule has 0 atom stereocenters. The summed E-state index contributed by atoms with van der Waals surface area (Å²) in [4.78, 5) is 0. The number of rotatable bonds is 3. The Kier molecular flexibility index (Phi) is 3.72. The van der Waals surface area contributed by atoms with Gasteiger partial charge in [-0.25, -0.2) is 0 Å². The molecule has 0 aliphatic heterocycles. The summed E-state index contributed by atoms with van der Waals surface area (Å²) in [7, 11) is -1.66. The van der Waals surface area contributed by atoms with E-state index in [0.29, 0.717) is 5.75 Å². The number of hydrogen-bond acceptors (Lipinski definition) is 4. The zero-order chi connectivity index (χ0) is 11.4. The molecular weight excluding hydrogens is 193 g/mol. The SMILES string of the molecule is CC(C)Oc1cccc(B(O)O)c1C#N. The lowest BCUT2D eigenvalue weighted by Crippen LogP contribution is -2.32. The van der Waals surface area contributed by atoms with Crippen LogP contribution in [0.1, 0.15) is 19.4 Å². The van der Waals surface area contributed by atoms with Gasteiger partial charge in [-0.3, -0.25) is 0 Å². The van der Waals surface area contributed by atoms with E-state index in [2.05, 4.69) is 0 Å². The first-order valence-corrected chi connectivity index (χ1v) is 4.62. The molecule has 0 fully saturated rings. The maximum absolute atomic E-state index is 9.04. The molecule has 0 unspecified atom stereocenters. The highest BCUT2D eigenvalue weighted by molar-refractivity contribution is 6.59. The average molecular weight is 205 g/mol. The highest BCUT2D eigenvalue weighted by Crippen LogP contribution is 2.16. The van der Waals surface area contributed by atoms with Gasteiger partial charge in [0.25, 0.3) is 0 Å². The molecule has 0 heterocycles. The van der Waals surface area contributed by atoms with Gasteiger partial charge in [-0.1, -0.05) is 12.1 Å². The van der Waals surface area contributed by atoms with E-state index >= 15 is 0 Å². The predicted molar refractivity (Wildman–Crippen MR) is 56.7 cm³/mol. The van der Waals surface area contributed by atoms with Gasteiger partial charge in [0, 0.05) is 5.46 Å². The summed E-state index contributed by atoms with van der Waals surface area (Å²) < 4.78 is 5.38. The van der Waals surface area contributed by atoms with Crippen molar-refractivity contribution in [2.45, 2.75) is 20.0 Å². The van der Waals surface area contributed by atoms with Crippen LogP contribution in [-0.2, 0) is 0 Å². The van der Waals surface area contributed by atoms with Crippen molar-refractivity contribution in [1.29, 1.82) is 5.26 Å². The van der Waals surface area contributed by atoms with E-state index in [0.717, 1.165) is 0 Å². The number of ether oxygens (including phenoxy) is 1. The van der Waals surface area contributed by atoms with E-state index in [1.165, 1.54) is 6.07 Å². The molecule has 0 amide bonds. The van der Waals surface area contributed by atoms with Gasteiger partial charge in [0.05, 0.1) is 11.7 Å². The van der Waals surface area contributed by atoms with Crippen LogP contribution >= 0.6 is 0 Å². The van der Waals surface area contributed by atoms with Crippen molar-refractivity contribution in [3.8, 4) is 11.8 Å². The van der Waals surface area contributed by atoms with Crippen molar-refractivity contribution in [1.82, 2.24) is 0 Å². The molecule has 0 aromatic heterocycles. The van der Waals surface area contributed by atoms with E-state index in [4.69, 9.17) is 20.0 Å². The second kappa shape index (κ2) is 4.83. The lowest BCUT2D eigenvalue weighted by Gasteiger charge is -2.13. The van der Waals surface area contributed by atoms with Crippen LogP contribution in [0.2, 0.25) is 0 Å². The van der Waals surface area contributed by atoms with E-state index in [-0.39, 0.29) is 17.1 Å². The van der Waals surface area contributed by atoms with Crippen molar-refractivity contribution in [2.75, 3.05) is 0 Å². The molecule has 1 aromatic rings. The Balaban J connectivity index is 3.18. The van der Waals surface area contributed by atoms with E-state index in [1.807, 2.05) is 19.9 Å². The largest absolute Gasteiger partial charge is 0.490 e. The Morgan fingerprint density at radius 1 is 1.40 bits per heavy atom. The van der Waals surface area contributed by atoms with Gasteiger partial charge >= 0.3 is 7.12 Å². The van der Waals surface area contributed by atoms with Crippen molar-refractivity contribution in [2.24, 2.45) is 0 Å². The molecule has 4 nitrogen and oxygen atoms in total. The Bertz CT molecular complexity index is 385. The minimum absolute atomic E-state index is 0.0665. The third-order valence-electron chi connectivity index (χ3n) is 1.81. The van der Waals surface area contributed by atoms with Crippen LogP contribution in [0.15, 0.2) is 18.2 Å². The zero-order valence-electron chi connectivity index (χ0n) is 8.64. The second-order valence-corrected chi connectivity index (χ2v) is 3.37. The van der Waals surface area contributed by atoms with Gasteiger partial charge in [-0.05, 0) is 19.9 Å². The van der Waals surface area contributed by atoms with Gasteiger partial charge in [-0.15, -0.1) is 0 Å². The number of nitriles is 1. The fourth-order valence-electron chi connectivity index (χ4n) is 1.24. The molecular formula is C10H12BNO3. The molecule has 15 heavy (non-hydrogen) atoms. The summed E-state index contributed by atoms with van der Waals surface area (Å²) >= 11 is 0. The molecule has 0 aliphatic rings. The molecule has 1 aromatic carbocycles. The summed E-state index contributed by atoms with van der Waals surface area (Å²) in [5, 5.41) is 27.0. The number of nitrogens with zero attached hydrogens (tertiary/aromatic N) is 1. The van der Waals surface area contributed by atoms with Gasteiger partial charge in [0.15, 0.2) is 0 Å². The van der Waals surface area contributed by atoms with E-state index < -0.39 is 7.12 Å². The fourth-order valence-corrected chi connectivity index (χ4v) is 1.24. The Morgan fingerprint density at radius 3 is 2.53 bits per heavy atom. The van der Waals surface area contributed by atoms with E-state index in [9.17, 15) is 0 Å². The highest BCUT2D eigenvalue weighted by atomic mass is 16.5. The normalized spacial score (nSPS) is 9.87. The van der Waals surface area contributed by atoms with Crippen molar-refractivity contribution in [3.63, 3.8) is 0 Å². The van der Waals surface area contributed by atoms with Crippen LogP contribution in [0.5, 0.6) is 5.75 Å². The van der Waals surface area contributed by atoms with Crippen molar-refractivity contribution >= 4 is 12.6 Å². The van der Waals surface area contributed by atoms with E-state index in [1.54, 1.807) is 12.1 Å². The Labute approximate surface area is 88.9 Å². The molecule has 1 rings (SSSR count). The van der Waals surface area contributed by atoms with Crippen LogP contribution in [0.3, 0.4) is 0 Å². The van der Waals surface area contributed by atoms with Gasteiger partial charge in [0.1, 0.15) is 11.8 Å². The molecule has 0 radical (unpaired) electrons. The first-order valence-electron chi connectivity index (χ1n) is 4.62. The van der Waals surface area contributed by atoms with Crippen LogP contribution in [0, 0.1) is 11.3 Å². The molecule has 0 spiro atoms. The smallest absolute Gasteiger partial charge is 0.489 e. The lowest BCUT2D eigenvalue weighted by molar-refractivity contribution is 0.242. The monoisotopic (exact) mass is 205 g/mol. The highest BCUT2D eigenvalue weighted by Gasteiger charge is 2.19. The third kappa shape index (κ3) is 2.72. The molecule has 0 saturated heterocycles. The Hall–Kier alpha value is -1.51. The topological polar surface area (TPSA) is 73.5 Å². The molecule has 0 aliphatic carbocycles. The summed E-state index contributed by atoms with van der Waals surface area (Å²) in [6, 6.07) is 6.64. The summed E-state index contributed by atoms with van der Waals surface area (Å²) in [6.07, 6.45) is -0.0665. The first kappa shape index (κ1) is 11.6. The molecule has 78 valence electrons. The quantitative estimate of drug-likeness (QED) is 0.682. The van der Waals surface area contributed by atoms with Crippen molar-refractivity contribution < 1.29 is 14.8 Å². The van der Waals surface area contributed by atoms with Crippen molar-refractivity contribution in [3.05, 3.63) is 23.8 Å². The minimum Gasteiger partial charge on any atom is -0.490 e. The minimum atomic E-state index is -1.66. The lowest BCUT2D eigenvalue weighted by atomic mass is 9.77. The van der Waals surface area contributed by atoms with Crippen LogP contribution in [0.4, 0.5) is 0 Å². The Morgan fingerprint density at radius 2 is 2.07 bits per heavy atom. The first-order chi connectivity index (χ1) is 7.06. The molecule has 0 saturated carbocycles. The van der Waals surface area contributed by atoms with Gasteiger partial charge in [0.2, 0.25) is 0 Å². The zero-order valence-corrected chi connectivity index (χ0v) is 8.64. The molecule has 2 N–H and O–H groups in total. The maximum Gasteiger partial charge on any atom is 0.489 e. The third-order valence-corrected chi connectivity index (χ3v) is 1.81. The predicted octanol–water partition coefficient (Wildman–Crippen LogP) is 0.0253. The van der Waals surface area contributed by atoms with Gasteiger partial charge in [-0.2, -0.15) is 5.26 Å². The fraction of sp³-hybridized carbons (Fsp3) is 0.300. The summed E-state index contributed by atoms with van der Waals surface area (Å²) in [5.41, 5.74) is 0.330. The average Bonchev–Trinajstić information content (AvgIpc) is 2.16. The molecule has 5 heteroatoms. The summed E-state index contributed by atoms with van der Waals surface area (Å²) in [5.74, 6) is 0.373. The standard InChI is InChI=1S/C10H12BNO3/c1-7(2)15-10-5-3-4-9(11(13)14)8(10)6-12/h3-5,7,13-14H,1-2H3. The van der Waals surface area contributed by atoms with Gasteiger partial charge < -0.3 is 14.8 Å². The maximum atomic E-state index is 9.04. The van der Waals surface area contributed by atoms with Crippen LogP contribution in [0.25, 0.3) is 0 Å².